The van der Waals surface area contributed by atoms with Crippen LogP contribution in [0.3, 0.4) is 0 Å². The average Bonchev–Trinajstić information content (AvgIpc) is 3.65. The Kier molecular flexibility index (Phi) is 7.62. The highest BCUT2D eigenvalue weighted by Gasteiger charge is 2.55. The lowest BCUT2D eigenvalue weighted by Crippen LogP contribution is -2.34. The second kappa shape index (κ2) is 11.2. The molecule has 4 aliphatic rings. The van der Waals surface area contributed by atoms with Crippen molar-refractivity contribution in [1.29, 1.82) is 0 Å². The number of hydrogen-bond acceptors (Lipinski definition) is 0. The van der Waals surface area contributed by atoms with Gasteiger partial charge in [0.15, 0.2) is 0 Å². The maximum absolute atomic E-state index is 2.80. The van der Waals surface area contributed by atoms with Gasteiger partial charge in [0.05, 0.1) is 0 Å². The minimum absolute atomic E-state index is 0.00355. The van der Waals surface area contributed by atoms with Crippen molar-refractivity contribution in [2.24, 2.45) is 10.8 Å². The summed E-state index contributed by atoms with van der Waals surface area (Å²) in [6.07, 6.45) is 11.1. The molecule has 0 radical (unpaired) electrons. The first kappa shape index (κ1) is 35.4. The number of hydrogen-bond donors (Lipinski definition) is 0. The lowest BCUT2D eigenvalue weighted by molar-refractivity contribution is 0.328. The van der Waals surface area contributed by atoms with E-state index in [1.807, 2.05) is 0 Å². The van der Waals surface area contributed by atoms with Crippen molar-refractivity contribution < 1.29 is 0 Å². The summed E-state index contributed by atoms with van der Waals surface area (Å²) in [5.74, 6) is 0. The molecule has 8 rings (SSSR count). The molecule has 0 saturated heterocycles. The van der Waals surface area contributed by atoms with Crippen molar-refractivity contribution in [2.45, 2.75) is 144 Å². The van der Waals surface area contributed by atoms with Gasteiger partial charge in [-0.15, -0.1) is 0 Å². The van der Waals surface area contributed by atoms with Crippen molar-refractivity contribution >= 4 is 21.9 Å². The monoisotopic (exact) mass is 686 g/mol. The van der Waals surface area contributed by atoms with Crippen LogP contribution in [0.25, 0.3) is 33.0 Å². The zero-order chi connectivity index (χ0) is 37.4. The van der Waals surface area contributed by atoms with Crippen LogP contribution in [0.2, 0.25) is 0 Å². The zero-order valence-electron chi connectivity index (χ0n) is 34.5. The summed E-state index contributed by atoms with van der Waals surface area (Å²) >= 11 is 0. The van der Waals surface area contributed by atoms with Crippen molar-refractivity contribution in [2.75, 3.05) is 0 Å². The highest BCUT2D eigenvalue weighted by molar-refractivity contribution is 6.13. The van der Waals surface area contributed by atoms with E-state index in [2.05, 4.69) is 169 Å². The summed E-state index contributed by atoms with van der Waals surface area (Å²) in [7, 11) is 0. The quantitative estimate of drug-likeness (QED) is 0.189. The van der Waals surface area contributed by atoms with Crippen LogP contribution in [-0.4, -0.2) is 0 Å². The first-order valence-corrected chi connectivity index (χ1v) is 20.5. The fraction of sp³-hybridized carbons (Fsp3) is 0.462. The summed E-state index contributed by atoms with van der Waals surface area (Å²) in [5.41, 5.74) is 19.6. The van der Waals surface area contributed by atoms with E-state index < -0.39 is 0 Å². The molecule has 0 amide bonds. The average molecular weight is 687 g/mol. The van der Waals surface area contributed by atoms with Crippen molar-refractivity contribution in [3.63, 3.8) is 0 Å². The molecule has 52 heavy (non-hydrogen) atoms. The molecular weight excluding hydrogens is 625 g/mol. The third-order valence-electron chi connectivity index (χ3n) is 15.3. The van der Waals surface area contributed by atoms with E-state index in [1.165, 1.54) is 49.7 Å². The Balaban J connectivity index is 1.54. The molecule has 4 aromatic carbocycles. The van der Waals surface area contributed by atoms with Crippen LogP contribution in [0.4, 0.5) is 0 Å². The Hall–Kier alpha value is -3.64. The minimum atomic E-state index is -0.247. The molecule has 0 bridgehead atoms. The van der Waals surface area contributed by atoms with E-state index in [4.69, 9.17) is 0 Å². The smallest absolute Gasteiger partial charge is 0.0443 e. The Morgan fingerprint density at radius 3 is 1.81 bits per heavy atom. The van der Waals surface area contributed by atoms with Gasteiger partial charge in [0.2, 0.25) is 0 Å². The van der Waals surface area contributed by atoms with Gasteiger partial charge in [-0.3, -0.25) is 0 Å². The topological polar surface area (TPSA) is 0 Å². The molecule has 1 spiro atoms. The molecule has 0 nitrogen and oxygen atoms in total. The maximum atomic E-state index is 2.80. The normalized spacial score (nSPS) is 21.2. The zero-order valence-corrected chi connectivity index (χ0v) is 34.5. The van der Waals surface area contributed by atoms with Crippen molar-refractivity contribution in [3.8, 4) is 11.1 Å². The van der Waals surface area contributed by atoms with Crippen molar-refractivity contribution in [3.05, 3.63) is 129 Å². The molecule has 0 aromatic heterocycles. The van der Waals surface area contributed by atoms with Crippen LogP contribution >= 0.6 is 0 Å². The lowest BCUT2D eigenvalue weighted by Gasteiger charge is -2.44. The largest absolute Gasteiger partial charge is 0.0654 e. The highest BCUT2D eigenvalue weighted by atomic mass is 14.6. The maximum Gasteiger partial charge on any atom is 0.0443 e. The van der Waals surface area contributed by atoms with Gasteiger partial charge in [0, 0.05) is 16.2 Å². The van der Waals surface area contributed by atoms with Gasteiger partial charge >= 0.3 is 0 Å². The summed E-state index contributed by atoms with van der Waals surface area (Å²) < 4.78 is 0. The summed E-state index contributed by atoms with van der Waals surface area (Å²) in [6.45, 7) is 31.9. The molecule has 0 saturated carbocycles. The molecule has 0 heterocycles. The SMILES string of the molecule is CCC(C)(CC)C1=CC2(CC(C(C)(CC)CC)=C1)c1ccc3c(c1-c1cc(C(C)(C)C)c4ccccc4c12)C(C)(C)C1=C3C(C)(C)c2ccccc21. The van der Waals surface area contributed by atoms with Crippen LogP contribution < -0.4 is 0 Å². The lowest BCUT2D eigenvalue weighted by atomic mass is 9.59. The molecule has 0 heteroatoms. The third kappa shape index (κ3) is 4.39. The summed E-state index contributed by atoms with van der Waals surface area (Å²) in [5, 5.41) is 2.86. The number of benzene rings is 4. The van der Waals surface area contributed by atoms with E-state index in [0.29, 0.717) is 0 Å². The fourth-order valence-corrected chi connectivity index (χ4v) is 11.3. The van der Waals surface area contributed by atoms with Gasteiger partial charge in [-0.2, -0.15) is 0 Å². The van der Waals surface area contributed by atoms with Crippen LogP contribution in [-0.2, 0) is 21.7 Å². The van der Waals surface area contributed by atoms with Crippen LogP contribution in [0.1, 0.15) is 161 Å². The molecule has 270 valence electrons. The number of fused-ring (bicyclic) bond motifs is 12. The molecule has 4 aliphatic carbocycles. The summed E-state index contributed by atoms with van der Waals surface area (Å²) in [4.78, 5) is 0. The van der Waals surface area contributed by atoms with Gasteiger partial charge in [0.1, 0.15) is 0 Å². The van der Waals surface area contributed by atoms with E-state index in [0.717, 1.165) is 32.1 Å². The fourth-order valence-electron chi connectivity index (χ4n) is 11.3. The molecule has 0 fully saturated rings. The molecule has 1 unspecified atom stereocenters. The molecule has 4 aromatic rings. The van der Waals surface area contributed by atoms with E-state index >= 15 is 0 Å². The highest BCUT2D eigenvalue weighted by Crippen LogP contribution is 2.68. The van der Waals surface area contributed by atoms with Crippen LogP contribution in [0.5, 0.6) is 0 Å². The third-order valence-corrected chi connectivity index (χ3v) is 15.3. The number of rotatable bonds is 6. The Morgan fingerprint density at radius 1 is 0.577 bits per heavy atom. The molecule has 1 atom stereocenters. The van der Waals surface area contributed by atoms with Gasteiger partial charge < -0.3 is 0 Å². The first-order valence-electron chi connectivity index (χ1n) is 20.5. The predicted molar refractivity (Wildman–Crippen MR) is 226 cm³/mol. The molecule has 0 N–H and O–H groups in total. The van der Waals surface area contributed by atoms with E-state index in [-0.39, 0.29) is 32.5 Å². The Bertz CT molecular complexity index is 2260. The van der Waals surface area contributed by atoms with Crippen LogP contribution in [0.15, 0.2) is 90.0 Å². The van der Waals surface area contributed by atoms with Crippen molar-refractivity contribution in [1.82, 2.24) is 0 Å². The van der Waals surface area contributed by atoms with Gasteiger partial charge in [-0.1, -0.05) is 168 Å². The number of allylic oxidation sites excluding steroid dienone is 6. The van der Waals surface area contributed by atoms with Gasteiger partial charge in [0.25, 0.3) is 0 Å². The van der Waals surface area contributed by atoms with E-state index in [1.54, 1.807) is 33.4 Å². The summed E-state index contributed by atoms with van der Waals surface area (Å²) in [6, 6.07) is 26.5. The van der Waals surface area contributed by atoms with Crippen LogP contribution in [0, 0.1) is 10.8 Å². The predicted octanol–water partition coefficient (Wildman–Crippen LogP) is 14.8. The Labute approximate surface area is 315 Å². The standard InChI is InChI=1S/C52H62/c1-14-50(12,15-2)32-28-33(51(13,16-3)17-4)31-52(30-32)40-27-26-37-44(49(10,11)45-36-24-20-21-25-39(36)48(8,9)46(37)45)42(40)38-29-41(47(5,6)7)34-22-18-19-23-35(34)43(38)52/h18-30H,14-17,31H2,1-13H3. The van der Waals surface area contributed by atoms with Gasteiger partial charge in [-0.25, -0.2) is 0 Å². The second-order valence-electron chi connectivity index (χ2n) is 19.6. The minimum Gasteiger partial charge on any atom is -0.0654 e. The van der Waals surface area contributed by atoms with E-state index in [9.17, 15) is 0 Å². The first-order chi connectivity index (χ1) is 24.4. The molecule has 0 aliphatic heterocycles. The second-order valence-corrected chi connectivity index (χ2v) is 19.6. The molecular formula is C52H62. The Morgan fingerprint density at radius 2 is 1.17 bits per heavy atom. The van der Waals surface area contributed by atoms with Gasteiger partial charge in [-0.05, 0) is 132 Å².